The van der Waals surface area contributed by atoms with Crippen molar-refractivity contribution >= 4 is 18.1 Å². The summed E-state index contributed by atoms with van der Waals surface area (Å²) in [5.41, 5.74) is 1.10. The first-order valence-corrected chi connectivity index (χ1v) is 9.70. The Bertz CT molecular complexity index is 800. The first-order chi connectivity index (χ1) is 14.0. The van der Waals surface area contributed by atoms with Crippen LogP contribution in [0.1, 0.15) is 31.2 Å². The Morgan fingerprint density at radius 1 is 1.31 bits per heavy atom. The van der Waals surface area contributed by atoms with Crippen LogP contribution in [0.3, 0.4) is 0 Å². The molecule has 1 aliphatic carbocycles. The molecular weight excluding hydrogens is 377 g/mol. The Morgan fingerprint density at radius 3 is 2.62 bits per heavy atom. The summed E-state index contributed by atoms with van der Waals surface area (Å²) in [4.78, 5) is 23.7. The lowest BCUT2D eigenvalue weighted by atomic mass is 9.85. The summed E-state index contributed by atoms with van der Waals surface area (Å²) in [6, 6.07) is 8.61. The van der Waals surface area contributed by atoms with Crippen molar-refractivity contribution in [1.29, 1.82) is 0 Å². The summed E-state index contributed by atoms with van der Waals surface area (Å²) >= 11 is 0. The highest BCUT2D eigenvalue weighted by Gasteiger charge is 2.43. The molecule has 1 saturated heterocycles. The van der Waals surface area contributed by atoms with E-state index in [-0.39, 0.29) is 18.2 Å². The van der Waals surface area contributed by atoms with E-state index >= 15 is 0 Å². The SMILES string of the molecule is O=C(NC1CC1)C1(Nc2cccc(F)c2)CCN(Cc2ccoc2)CC1.O=CO. The standard InChI is InChI=1S/C20H24FN3O2.CH2O2/c21-16-2-1-3-18(12-16)23-20(19(25)22-17-4-5-17)7-9-24(10-8-20)13-15-6-11-26-14-15;2-1-3/h1-3,6,11-12,14,17,23H,4-5,7-10,13H2,(H,22,25);1H,(H,2,3). The molecule has 29 heavy (non-hydrogen) atoms. The number of halogens is 1. The minimum atomic E-state index is -0.691. The molecule has 4 rings (SSSR count). The maximum absolute atomic E-state index is 13.6. The molecule has 0 atom stereocenters. The zero-order valence-electron chi connectivity index (χ0n) is 16.1. The molecule has 2 fully saturated rings. The quantitative estimate of drug-likeness (QED) is 0.642. The number of carboxylic acid groups (broad SMARTS) is 1. The summed E-state index contributed by atoms with van der Waals surface area (Å²) in [5.74, 6) is -0.266. The first kappa shape index (κ1) is 20.9. The molecule has 1 aromatic heterocycles. The van der Waals surface area contributed by atoms with Crippen molar-refractivity contribution < 1.29 is 23.5 Å². The van der Waals surface area contributed by atoms with Crippen LogP contribution >= 0.6 is 0 Å². The van der Waals surface area contributed by atoms with Crippen molar-refractivity contribution in [3.63, 3.8) is 0 Å². The Labute approximate surface area is 168 Å². The van der Waals surface area contributed by atoms with Gasteiger partial charge in [-0.3, -0.25) is 14.5 Å². The molecule has 1 amide bonds. The highest BCUT2D eigenvalue weighted by Crippen LogP contribution is 2.30. The lowest BCUT2D eigenvalue weighted by molar-refractivity contribution is -0.127. The van der Waals surface area contributed by atoms with Gasteiger partial charge in [-0.15, -0.1) is 0 Å². The van der Waals surface area contributed by atoms with Gasteiger partial charge in [0.15, 0.2) is 0 Å². The molecule has 1 aliphatic heterocycles. The molecule has 8 heteroatoms. The predicted octanol–water partition coefficient (Wildman–Crippen LogP) is 2.84. The number of rotatable bonds is 6. The first-order valence-electron chi connectivity index (χ1n) is 9.70. The fourth-order valence-electron chi connectivity index (χ4n) is 3.54. The summed E-state index contributed by atoms with van der Waals surface area (Å²) in [6.45, 7) is 2.16. The zero-order valence-corrected chi connectivity index (χ0v) is 16.1. The second-order valence-corrected chi connectivity index (χ2v) is 7.48. The summed E-state index contributed by atoms with van der Waals surface area (Å²) in [7, 11) is 0. The van der Waals surface area contributed by atoms with Gasteiger partial charge in [-0.2, -0.15) is 0 Å². The number of carbonyl (C=O) groups excluding carboxylic acids is 1. The van der Waals surface area contributed by atoms with Crippen molar-refractivity contribution in [1.82, 2.24) is 10.2 Å². The van der Waals surface area contributed by atoms with Gasteiger partial charge in [0.1, 0.15) is 11.4 Å². The van der Waals surface area contributed by atoms with E-state index in [9.17, 15) is 9.18 Å². The molecule has 2 aliphatic rings. The van der Waals surface area contributed by atoms with Crippen molar-refractivity contribution in [3.8, 4) is 0 Å². The molecule has 7 nitrogen and oxygen atoms in total. The highest BCUT2D eigenvalue weighted by molar-refractivity contribution is 5.90. The van der Waals surface area contributed by atoms with Gasteiger partial charge in [-0.05, 0) is 49.9 Å². The number of nitrogens with zero attached hydrogens (tertiary/aromatic N) is 1. The maximum atomic E-state index is 13.6. The third-order valence-electron chi connectivity index (χ3n) is 5.25. The van der Waals surface area contributed by atoms with E-state index in [0.717, 1.165) is 38.0 Å². The Hall–Kier alpha value is -2.87. The van der Waals surface area contributed by atoms with Crippen LogP contribution in [-0.2, 0) is 16.1 Å². The molecule has 2 aromatic rings. The molecule has 0 unspecified atom stereocenters. The van der Waals surface area contributed by atoms with Gasteiger partial charge >= 0.3 is 0 Å². The normalized spacial score (nSPS) is 18.2. The minimum absolute atomic E-state index is 0.0345. The van der Waals surface area contributed by atoms with E-state index < -0.39 is 5.54 Å². The van der Waals surface area contributed by atoms with Gasteiger partial charge in [-0.25, -0.2) is 4.39 Å². The number of hydrogen-bond donors (Lipinski definition) is 3. The second kappa shape index (κ2) is 9.56. The number of carbonyl (C=O) groups is 2. The average Bonchev–Trinajstić information content (AvgIpc) is 3.36. The Kier molecular flexibility index (Phi) is 6.87. The van der Waals surface area contributed by atoms with Gasteiger partial charge in [0, 0.05) is 36.9 Å². The van der Waals surface area contributed by atoms with Gasteiger partial charge in [0.2, 0.25) is 5.91 Å². The van der Waals surface area contributed by atoms with E-state index in [1.165, 1.54) is 12.1 Å². The molecule has 2 heterocycles. The molecule has 0 spiro atoms. The van der Waals surface area contributed by atoms with Crippen molar-refractivity contribution in [2.45, 2.75) is 43.8 Å². The number of benzene rings is 1. The molecule has 0 bridgehead atoms. The molecule has 3 N–H and O–H groups in total. The number of likely N-dealkylation sites (tertiary alicyclic amines) is 1. The summed E-state index contributed by atoms with van der Waals surface area (Å²) in [5, 5.41) is 13.4. The van der Waals surface area contributed by atoms with Gasteiger partial charge < -0.3 is 20.2 Å². The summed E-state index contributed by atoms with van der Waals surface area (Å²) in [6.07, 6.45) is 6.90. The van der Waals surface area contributed by atoms with Crippen LogP contribution in [-0.4, -0.2) is 47.1 Å². The Balaban J connectivity index is 0.000000755. The lowest BCUT2D eigenvalue weighted by Gasteiger charge is -2.41. The van der Waals surface area contributed by atoms with Gasteiger partial charge in [0.25, 0.3) is 6.47 Å². The third-order valence-corrected chi connectivity index (χ3v) is 5.25. The van der Waals surface area contributed by atoms with E-state index in [2.05, 4.69) is 15.5 Å². The van der Waals surface area contributed by atoms with Crippen LogP contribution < -0.4 is 10.6 Å². The summed E-state index contributed by atoms with van der Waals surface area (Å²) < 4.78 is 18.7. The molecular formula is C21H26FN3O4. The smallest absolute Gasteiger partial charge is 0.290 e. The van der Waals surface area contributed by atoms with E-state index in [1.54, 1.807) is 18.6 Å². The number of nitrogens with one attached hydrogen (secondary N) is 2. The number of anilines is 1. The molecule has 0 radical (unpaired) electrons. The average molecular weight is 403 g/mol. The number of furan rings is 1. The predicted molar refractivity (Wildman–Crippen MR) is 106 cm³/mol. The van der Waals surface area contributed by atoms with E-state index in [4.69, 9.17) is 14.3 Å². The number of hydrogen-bond acceptors (Lipinski definition) is 5. The number of amides is 1. The van der Waals surface area contributed by atoms with E-state index in [1.807, 2.05) is 12.1 Å². The fraction of sp³-hybridized carbons (Fsp3) is 0.429. The number of piperidine rings is 1. The minimum Gasteiger partial charge on any atom is -0.483 e. The maximum Gasteiger partial charge on any atom is 0.290 e. The molecule has 1 saturated carbocycles. The second-order valence-electron chi connectivity index (χ2n) is 7.48. The van der Waals surface area contributed by atoms with Crippen LogP contribution in [0.15, 0.2) is 47.3 Å². The largest absolute Gasteiger partial charge is 0.483 e. The highest BCUT2D eigenvalue weighted by atomic mass is 19.1. The lowest BCUT2D eigenvalue weighted by Crippen LogP contribution is -2.58. The van der Waals surface area contributed by atoms with Crippen molar-refractivity contribution in [2.75, 3.05) is 18.4 Å². The third kappa shape index (κ3) is 5.80. The van der Waals surface area contributed by atoms with Crippen molar-refractivity contribution in [2.24, 2.45) is 0 Å². The van der Waals surface area contributed by atoms with Crippen LogP contribution in [0.2, 0.25) is 0 Å². The van der Waals surface area contributed by atoms with Gasteiger partial charge in [-0.1, -0.05) is 6.07 Å². The zero-order chi connectivity index (χ0) is 20.7. The topological polar surface area (TPSA) is 94.8 Å². The van der Waals surface area contributed by atoms with E-state index in [0.29, 0.717) is 24.6 Å². The van der Waals surface area contributed by atoms with Crippen molar-refractivity contribution in [3.05, 3.63) is 54.2 Å². The molecule has 1 aromatic carbocycles. The monoisotopic (exact) mass is 403 g/mol. The Morgan fingerprint density at radius 2 is 2.03 bits per heavy atom. The molecule has 156 valence electrons. The van der Waals surface area contributed by atoms with Gasteiger partial charge in [0.05, 0.1) is 12.5 Å². The van der Waals surface area contributed by atoms with Crippen LogP contribution in [0.5, 0.6) is 0 Å². The fourth-order valence-corrected chi connectivity index (χ4v) is 3.54. The van der Waals surface area contributed by atoms with Crippen LogP contribution in [0.4, 0.5) is 10.1 Å². The van der Waals surface area contributed by atoms with Crippen LogP contribution in [0.25, 0.3) is 0 Å². The van der Waals surface area contributed by atoms with Crippen LogP contribution in [0, 0.1) is 5.82 Å².